The van der Waals surface area contributed by atoms with Crippen LogP contribution in [-0.4, -0.2) is 27.2 Å². The Hall–Kier alpha value is -2.63. The van der Waals surface area contributed by atoms with Crippen molar-refractivity contribution in [2.75, 3.05) is 5.32 Å². The lowest BCUT2D eigenvalue weighted by molar-refractivity contribution is 0.0696. The molecule has 116 valence electrons. The third-order valence-electron chi connectivity index (χ3n) is 3.33. The number of aromatic amines is 1. The highest BCUT2D eigenvalue weighted by atomic mass is 16.4. The van der Waals surface area contributed by atoms with Crippen LogP contribution in [0.5, 0.6) is 0 Å². The highest BCUT2D eigenvalue weighted by Gasteiger charge is 2.19. The van der Waals surface area contributed by atoms with E-state index in [1.165, 1.54) is 6.07 Å². The van der Waals surface area contributed by atoms with Crippen molar-refractivity contribution in [1.29, 1.82) is 0 Å². The summed E-state index contributed by atoms with van der Waals surface area (Å²) in [5, 5.41) is 18.6. The van der Waals surface area contributed by atoms with Crippen LogP contribution in [0.4, 0.5) is 5.69 Å². The summed E-state index contributed by atoms with van der Waals surface area (Å²) in [6.07, 6.45) is 0. The lowest BCUT2D eigenvalue weighted by Crippen LogP contribution is -2.13. The minimum absolute atomic E-state index is 0.120. The molecule has 6 heteroatoms. The number of rotatable bonds is 3. The van der Waals surface area contributed by atoms with Gasteiger partial charge in [-0.3, -0.25) is 9.89 Å². The predicted molar refractivity (Wildman–Crippen MR) is 83.4 cm³/mol. The predicted octanol–water partition coefficient (Wildman–Crippen LogP) is 2.97. The maximum Gasteiger partial charge on any atom is 0.335 e. The van der Waals surface area contributed by atoms with Crippen molar-refractivity contribution in [3.8, 4) is 0 Å². The van der Waals surface area contributed by atoms with E-state index in [9.17, 15) is 9.59 Å². The van der Waals surface area contributed by atoms with E-state index in [1.807, 2.05) is 20.8 Å². The van der Waals surface area contributed by atoms with Crippen molar-refractivity contribution < 1.29 is 14.7 Å². The van der Waals surface area contributed by atoms with Crippen LogP contribution in [0.3, 0.4) is 0 Å². The Kier molecular flexibility index (Phi) is 4.03. The van der Waals surface area contributed by atoms with E-state index >= 15 is 0 Å². The number of hydrogen-bond acceptors (Lipinski definition) is 3. The number of amides is 1. The third kappa shape index (κ3) is 3.33. The molecule has 0 saturated carbocycles. The molecule has 0 atom stereocenters. The van der Waals surface area contributed by atoms with Crippen LogP contribution in [0.25, 0.3) is 0 Å². The van der Waals surface area contributed by atoms with Crippen LogP contribution in [0.15, 0.2) is 24.3 Å². The molecule has 0 aliphatic carbocycles. The lowest BCUT2D eigenvalue weighted by atomic mass is 9.92. The Balaban J connectivity index is 2.17. The van der Waals surface area contributed by atoms with Crippen molar-refractivity contribution in [3.05, 3.63) is 46.8 Å². The van der Waals surface area contributed by atoms with Gasteiger partial charge in [-0.15, -0.1) is 0 Å². The van der Waals surface area contributed by atoms with Gasteiger partial charge < -0.3 is 10.4 Å². The average Bonchev–Trinajstić information content (AvgIpc) is 2.87. The third-order valence-corrected chi connectivity index (χ3v) is 3.33. The van der Waals surface area contributed by atoms with Crippen LogP contribution in [0.2, 0.25) is 0 Å². The Labute approximate surface area is 128 Å². The van der Waals surface area contributed by atoms with E-state index in [1.54, 1.807) is 25.1 Å². The van der Waals surface area contributed by atoms with Gasteiger partial charge in [0, 0.05) is 16.8 Å². The number of carboxylic acids is 1. The second kappa shape index (κ2) is 5.63. The normalized spacial score (nSPS) is 11.3. The molecule has 2 aromatic rings. The Morgan fingerprint density at radius 3 is 2.41 bits per heavy atom. The fourth-order valence-electron chi connectivity index (χ4n) is 2.00. The summed E-state index contributed by atoms with van der Waals surface area (Å²) in [6.45, 7) is 7.76. The zero-order valence-electron chi connectivity index (χ0n) is 13.0. The number of aromatic nitrogens is 2. The van der Waals surface area contributed by atoms with Crippen LogP contribution in [-0.2, 0) is 5.41 Å². The number of carbonyl (C=O) groups excluding carboxylic acids is 1. The number of aryl methyl sites for hydroxylation is 1. The molecule has 0 aliphatic heterocycles. The van der Waals surface area contributed by atoms with Gasteiger partial charge in [-0.25, -0.2) is 4.79 Å². The second-order valence-corrected chi connectivity index (χ2v) is 6.21. The molecule has 1 amide bonds. The number of aromatic carboxylic acids is 1. The quantitative estimate of drug-likeness (QED) is 0.812. The van der Waals surface area contributed by atoms with Crippen molar-refractivity contribution >= 4 is 17.6 Å². The van der Waals surface area contributed by atoms with Gasteiger partial charge in [-0.2, -0.15) is 5.10 Å². The summed E-state index contributed by atoms with van der Waals surface area (Å²) in [5.74, 6) is -1.33. The van der Waals surface area contributed by atoms with Gasteiger partial charge in [-0.05, 0) is 36.8 Å². The van der Waals surface area contributed by atoms with Crippen LogP contribution in [0.1, 0.15) is 52.9 Å². The van der Waals surface area contributed by atoms with Crippen molar-refractivity contribution in [1.82, 2.24) is 10.2 Å². The summed E-state index contributed by atoms with van der Waals surface area (Å²) < 4.78 is 0. The SMILES string of the molecule is Cc1cc(NC(=O)c2cc(C(C)(C)C)[nH]n2)ccc1C(=O)O. The topological polar surface area (TPSA) is 95.1 Å². The van der Waals surface area contributed by atoms with Crippen LogP contribution < -0.4 is 5.32 Å². The van der Waals surface area contributed by atoms with Gasteiger partial charge in [0.05, 0.1) is 5.56 Å². The van der Waals surface area contributed by atoms with Gasteiger partial charge in [-0.1, -0.05) is 20.8 Å². The van der Waals surface area contributed by atoms with Gasteiger partial charge in [0.15, 0.2) is 5.69 Å². The van der Waals surface area contributed by atoms with Gasteiger partial charge in [0.25, 0.3) is 5.91 Å². The molecule has 3 N–H and O–H groups in total. The van der Waals surface area contributed by atoms with Crippen molar-refractivity contribution in [3.63, 3.8) is 0 Å². The molecule has 2 rings (SSSR count). The molecule has 0 saturated heterocycles. The zero-order valence-corrected chi connectivity index (χ0v) is 13.0. The van der Waals surface area contributed by atoms with E-state index in [0.717, 1.165) is 5.69 Å². The molecule has 22 heavy (non-hydrogen) atoms. The number of nitrogens with zero attached hydrogens (tertiary/aromatic N) is 1. The molecular formula is C16H19N3O3. The zero-order chi connectivity index (χ0) is 16.5. The molecule has 0 unspecified atom stereocenters. The molecule has 6 nitrogen and oxygen atoms in total. The van der Waals surface area contributed by atoms with E-state index in [4.69, 9.17) is 5.11 Å². The van der Waals surface area contributed by atoms with E-state index in [2.05, 4.69) is 15.5 Å². The van der Waals surface area contributed by atoms with Crippen LogP contribution >= 0.6 is 0 Å². The van der Waals surface area contributed by atoms with Gasteiger partial charge >= 0.3 is 5.97 Å². The highest BCUT2D eigenvalue weighted by molar-refractivity contribution is 6.03. The largest absolute Gasteiger partial charge is 0.478 e. The number of anilines is 1. The number of carbonyl (C=O) groups is 2. The van der Waals surface area contributed by atoms with Gasteiger partial charge in [0.1, 0.15) is 0 Å². The fraction of sp³-hybridized carbons (Fsp3) is 0.312. The van der Waals surface area contributed by atoms with Crippen molar-refractivity contribution in [2.45, 2.75) is 33.1 Å². The summed E-state index contributed by atoms with van der Waals surface area (Å²) in [4.78, 5) is 23.1. The number of nitrogens with one attached hydrogen (secondary N) is 2. The van der Waals surface area contributed by atoms with Gasteiger partial charge in [0.2, 0.25) is 0 Å². The number of H-pyrrole nitrogens is 1. The summed E-state index contributed by atoms with van der Waals surface area (Å²) in [6, 6.07) is 6.37. The smallest absolute Gasteiger partial charge is 0.335 e. The Morgan fingerprint density at radius 2 is 1.91 bits per heavy atom. The first kappa shape index (κ1) is 15.8. The number of carboxylic acid groups (broad SMARTS) is 1. The summed E-state index contributed by atoms with van der Waals surface area (Å²) in [5.41, 5.74) is 2.38. The van der Waals surface area contributed by atoms with E-state index < -0.39 is 5.97 Å². The fourth-order valence-corrected chi connectivity index (χ4v) is 2.00. The average molecular weight is 301 g/mol. The summed E-state index contributed by atoms with van der Waals surface area (Å²) >= 11 is 0. The molecule has 1 aromatic carbocycles. The molecule has 0 aliphatic rings. The molecule has 1 aromatic heterocycles. The lowest BCUT2D eigenvalue weighted by Gasteiger charge is -2.14. The molecule has 1 heterocycles. The highest BCUT2D eigenvalue weighted by Crippen LogP contribution is 2.21. The minimum Gasteiger partial charge on any atom is -0.478 e. The van der Waals surface area contributed by atoms with E-state index in [0.29, 0.717) is 16.9 Å². The van der Waals surface area contributed by atoms with E-state index in [-0.39, 0.29) is 16.9 Å². The maximum atomic E-state index is 12.2. The first-order chi connectivity index (χ1) is 10.2. The first-order valence-corrected chi connectivity index (χ1v) is 6.89. The first-order valence-electron chi connectivity index (χ1n) is 6.89. The monoisotopic (exact) mass is 301 g/mol. The molecule has 0 fully saturated rings. The molecule has 0 bridgehead atoms. The standard InChI is InChI=1S/C16H19N3O3/c1-9-7-10(5-6-11(9)15(21)22)17-14(20)12-8-13(19-18-12)16(2,3)4/h5-8H,1-4H3,(H,17,20)(H,18,19)(H,21,22). The van der Waals surface area contributed by atoms with Crippen LogP contribution in [0, 0.1) is 6.92 Å². The molecule has 0 spiro atoms. The number of benzene rings is 1. The maximum absolute atomic E-state index is 12.2. The Morgan fingerprint density at radius 1 is 1.23 bits per heavy atom. The molecule has 0 radical (unpaired) electrons. The molecular weight excluding hydrogens is 282 g/mol. The van der Waals surface area contributed by atoms with Crippen molar-refractivity contribution in [2.24, 2.45) is 0 Å². The summed E-state index contributed by atoms with van der Waals surface area (Å²) in [7, 11) is 0. The second-order valence-electron chi connectivity index (χ2n) is 6.21. The minimum atomic E-state index is -0.988. The number of hydrogen-bond donors (Lipinski definition) is 3. The Bertz CT molecular complexity index is 726.